The molecule has 9 nitrogen and oxygen atoms in total. The number of nitrogens with zero attached hydrogens (tertiary/aromatic N) is 2. The number of amides is 2. The summed E-state index contributed by atoms with van der Waals surface area (Å²) < 4.78 is 48.8. The molecule has 0 bridgehead atoms. The second kappa shape index (κ2) is 9.44. The van der Waals surface area contributed by atoms with Gasteiger partial charge in [-0.2, -0.15) is 0 Å². The lowest BCUT2D eigenvalue weighted by Gasteiger charge is -2.37. The van der Waals surface area contributed by atoms with Crippen molar-refractivity contribution < 1.29 is 31.9 Å². The Labute approximate surface area is 211 Å². The van der Waals surface area contributed by atoms with Crippen LogP contribution in [0.15, 0.2) is 29.7 Å². The van der Waals surface area contributed by atoms with E-state index in [0.29, 0.717) is 22.7 Å². The summed E-state index contributed by atoms with van der Waals surface area (Å²) in [6.45, 7) is 4.91. The van der Waals surface area contributed by atoms with Crippen LogP contribution in [-0.2, 0) is 24.3 Å². The maximum Gasteiger partial charge on any atom is 0.420 e. The normalized spacial score (nSPS) is 17.9. The summed E-state index contributed by atoms with van der Waals surface area (Å²) in [5, 5.41) is 0. The summed E-state index contributed by atoms with van der Waals surface area (Å²) >= 11 is 1.92. The molecule has 0 aromatic heterocycles. The fraction of sp³-hybridized carbons (Fsp3) is 0.500. The molecule has 34 heavy (non-hydrogen) atoms. The fourth-order valence-corrected chi connectivity index (χ4v) is 5.74. The molecule has 0 atom stereocenters. The van der Waals surface area contributed by atoms with Gasteiger partial charge in [0, 0.05) is 29.9 Å². The van der Waals surface area contributed by atoms with Gasteiger partial charge in [-0.15, -0.1) is 0 Å². The summed E-state index contributed by atoms with van der Waals surface area (Å²) in [6.07, 6.45) is 0.0124. The van der Waals surface area contributed by atoms with Crippen LogP contribution in [0.4, 0.5) is 14.9 Å². The molecule has 1 fully saturated rings. The van der Waals surface area contributed by atoms with E-state index in [9.17, 15) is 22.8 Å². The number of aldehydes is 1. The molecule has 1 N–H and O–H groups in total. The predicted molar refractivity (Wildman–Crippen MR) is 132 cm³/mol. The molecule has 0 unspecified atom stereocenters. The van der Waals surface area contributed by atoms with Gasteiger partial charge in [0.25, 0.3) is 0 Å². The molecule has 1 aromatic carbocycles. The van der Waals surface area contributed by atoms with E-state index in [1.165, 1.54) is 19.2 Å². The van der Waals surface area contributed by atoms with Gasteiger partial charge in [-0.1, -0.05) is 0 Å². The molecule has 3 rings (SSSR count). The van der Waals surface area contributed by atoms with E-state index >= 15 is 4.39 Å². The molecular weight excluding hydrogens is 580 g/mol. The summed E-state index contributed by atoms with van der Waals surface area (Å²) in [5.41, 5.74) is -1.10. The first kappa shape index (κ1) is 26.4. The van der Waals surface area contributed by atoms with Gasteiger partial charge in [-0.25, -0.2) is 22.5 Å². The van der Waals surface area contributed by atoms with Gasteiger partial charge in [0.2, 0.25) is 15.9 Å². The van der Waals surface area contributed by atoms with Crippen LogP contribution in [0.1, 0.15) is 52.9 Å². The summed E-state index contributed by atoms with van der Waals surface area (Å²) in [4.78, 5) is 39.0. The number of benzene rings is 1. The van der Waals surface area contributed by atoms with E-state index in [4.69, 9.17) is 4.74 Å². The second-order valence-electron chi connectivity index (χ2n) is 9.33. The highest BCUT2D eigenvalue weighted by molar-refractivity contribution is 14.1. The highest BCUT2D eigenvalue weighted by Gasteiger charge is 2.55. The number of hydrogen-bond donors (Lipinski definition) is 1. The minimum atomic E-state index is -4.03. The van der Waals surface area contributed by atoms with Gasteiger partial charge < -0.3 is 9.53 Å². The van der Waals surface area contributed by atoms with E-state index in [-0.39, 0.29) is 42.4 Å². The fourth-order valence-electron chi connectivity index (χ4n) is 3.63. The average Bonchev–Trinajstić information content (AvgIpc) is 3.49. The third-order valence-corrected chi connectivity index (χ3v) is 8.48. The molecule has 1 aliphatic heterocycles. The van der Waals surface area contributed by atoms with Crippen LogP contribution in [0.2, 0.25) is 0 Å². The molecule has 1 aliphatic carbocycles. The van der Waals surface area contributed by atoms with Gasteiger partial charge in [0.15, 0.2) is 0 Å². The lowest BCUT2D eigenvalue weighted by atomic mass is 10.1. The molecule has 1 heterocycles. The number of anilines is 1. The summed E-state index contributed by atoms with van der Waals surface area (Å²) in [5.74, 6) is -1.28. The molecule has 2 amide bonds. The number of carbonyl (C=O) groups is 3. The maximum atomic E-state index is 15.1. The smallest absolute Gasteiger partial charge is 0.420 e. The minimum Gasteiger partial charge on any atom is -0.443 e. The Bertz CT molecular complexity index is 1160. The Balaban J connectivity index is 2.19. The molecular formula is C22H27FIN3O6S. The average molecular weight is 607 g/mol. The van der Waals surface area contributed by atoms with Crippen LogP contribution in [-0.4, -0.2) is 49.0 Å². The van der Waals surface area contributed by atoms with Crippen LogP contribution in [0.5, 0.6) is 0 Å². The molecule has 2 aliphatic rings. The van der Waals surface area contributed by atoms with Crippen molar-refractivity contribution in [3.05, 3.63) is 39.1 Å². The quantitative estimate of drug-likeness (QED) is 0.374. The number of sulfonamides is 1. The van der Waals surface area contributed by atoms with Gasteiger partial charge in [-0.3, -0.25) is 14.4 Å². The minimum absolute atomic E-state index is 0.0180. The lowest BCUT2D eigenvalue weighted by molar-refractivity contribution is -0.129. The molecule has 186 valence electrons. The van der Waals surface area contributed by atoms with Crippen molar-refractivity contribution in [1.82, 2.24) is 9.62 Å². The van der Waals surface area contributed by atoms with Crippen molar-refractivity contribution >= 4 is 56.6 Å². The van der Waals surface area contributed by atoms with Crippen LogP contribution >= 0.6 is 22.6 Å². The van der Waals surface area contributed by atoms with Gasteiger partial charge >= 0.3 is 6.09 Å². The van der Waals surface area contributed by atoms with Crippen LogP contribution in [0.25, 0.3) is 0 Å². The third kappa shape index (κ3) is 5.37. The summed E-state index contributed by atoms with van der Waals surface area (Å²) in [6, 6.07) is 4.15. The Hall–Kier alpha value is -2.22. The van der Waals surface area contributed by atoms with Gasteiger partial charge in [-0.05, 0) is 74.4 Å². The van der Waals surface area contributed by atoms with Crippen molar-refractivity contribution in [2.75, 3.05) is 11.9 Å². The van der Waals surface area contributed by atoms with Crippen molar-refractivity contribution in [3.8, 4) is 0 Å². The van der Waals surface area contributed by atoms with Crippen molar-refractivity contribution in [1.29, 1.82) is 0 Å². The first-order valence-electron chi connectivity index (χ1n) is 10.7. The zero-order chi connectivity index (χ0) is 25.5. The SMILES string of the molecule is CN1C(=O)CCC(NS(=O)(=O)C2(CC=O)CC2)=C1N(C(=O)OC(C)(C)C)c1ccc(I)cc1F. The van der Waals surface area contributed by atoms with Gasteiger partial charge in [0.1, 0.15) is 23.5 Å². The van der Waals surface area contributed by atoms with Crippen LogP contribution in [0.3, 0.4) is 0 Å². The first-order valence-corrected chi connectivity index (χ1v) is 13.2. The van der Waals surface area contributed by atoms with Crippen molar-refractivity contribution in [2.24, 2.45) is 0 Å². The van der Waals surface area contributed by atoms with Crippen LogP contribution < -0.4 is 9.62 Å². The van der Waals surface area contributed by atoms with E-state index in [0.717, 1.165) is 9.80 Å². The first-order chi connectivity index (χ1) is 15.7. The van der Waals surface area contributed by atoms with E-state index in [2.05, 4.69) is 4.72 Å². The number of rotatable bonds is 7. The van der Waals surface area contributed by atoms with Crippen molar-refractivity contribution in [2.45, 2.75) is 63.2 Å². The zero-order valence-corrected chi connectivity index (χ0v) is 22.3. The number of carbonyl (C=O) groups excluding carboxylic acids is 3. The number of hydrogen-bond acceptors (Lipinski definition) is 6. The topological polar surface area (TPSA) is 113 Å². The number of ether oxygens (including phenoxy) is 1. The lowest BCUT2D eigenvalue weighted by Crippen LogP contribution is -2.48. The highest BCUT2D eigenvalue weighted by Crippen LogP contribution is 2.46. The monoisotopic (exact) mass is 607 g/mol. The molecule has 12 heteroatoms. The largest absolute Gasteiger partial charge is 0.443 e. The molecule has 0 saturated heterocycles. The molecule has 0 radical (unpaired) electrons. The Morgan fingerprint density at radius 3 is 2.50 bits per heavy atom. The highest BCUT2D eigenvalue weighted by atomic mass is 127. The Morgan fingerprint density at radius 1 is 1.32 bits per heavy atom. The third-order valence-electron chi connectivity index (χ3n) is 5.58. The number of nitrogens with one attached hydrogen (secondary N) is 1. The van der Waals surface area contributed by atoms with E-state index < -0.39 is 32.3 Å². The second-order valence-corrected chi connectivity index (χ2v) is 12.6. The van der Waals surface area contributed by atoms with E-state index in [1.807, 2.05) is 22.6 Å². The van der Waals surface area contributed by atoms with Gasteiger partial charge in [0.05, 0.1) is 16.1 Å². The molecule has 0 spiro atoms. The Morgan fingerprint density at radius 2 is 1.97 bits per heavy atom. The number of halogens is 2. The summed E-state index contributed by atoms with van der Waals surface area (Å²) in [7, 11) is -2.65. The number of allylic oxidation sites excluding steroid dienone is 1. The van der Waals surface area contributed by atoms with Crippen molar-refractivity contribution in [3.63, 3.8) is 0 Å². The van der Waals surface area contributed by atoms with Crippen LogP contribution in [0, 0.1) is 9.39 Å². The zero-order valence-electron chi connectivity index (χ0n) is 19.4. The molecule has 1 aromatic rings. The Kier molecular flexibility index (Phi) is 7.32. The molecule has 1 saturated carbocycles. The maximum absolute atomic E-state index is 15.1. The standard InChI is InChI=1S/C22H27FIN3O6S/c1-21(2,3)33-20(30)27(17-7-5-14(24)13-15(17)23)19-16(6-8-18(29)26(19)4)25-34(31,32)22(9-10-22)11-12-28/h5,7,12-13,25H,6,8-11H2,1-4H3. The van der Waals surface area contributed by atoms with E-state index in [1.54, 1.807) is 26.8 Å². The predicted octanol–water partition coefficient (Wildman–Crippen LogP) is 3.63.